The second-order valence-electron chi connectivity index (χ2n) is 6.46. The van der Waals surface area contributed by atoms with E-state index in [4.69, 9.17) is 23.2 Å². The van der Waals surface area contributed by atoms with Crippen LogP contribution in [0.3, 0.4) is 0 Å². The van der Waals surface area contributed by atoms with Crippen LogP contribution in [0.2, 0.25) is 10.0 Å². The van der Waals surface area contributed by atoms with Crippen molar-refractivity contribution in [3.8, 4) is 0 Å². The van der Waals surface area contributed by atoms with Crippen molar-refractivity contribution in [1.29, 1.82) is 0 Å². The van der Waals surface area contributed by atoms with E-state index in [0.717, 1.165) is 5.56 Å². The first-order valence-corrected chi connectivity index (χ1v) is 9.44. The van der Waals surface area contributed by atoms with Crippen molar-refractivity contribution in [2.24, 2.45) is 0 Å². The largest absolute Gasteiger partial charge is 0.352 e. The molecule has 0 aliphatic carbocycles. The molecule has 1 aliphatic heterocycles. The van der Waals surface area contributed by atoms with E-state index < -0.39 is 5.92 Å². The lowest BCUT2D eigenvalue weighted by atomic mass is 9.89. The number of aromatic nitrogens is 2. The number of carbonyl (C=O) groups excluding carboxylic acids is 1. The van der Waals surface area contributed by atoms with Crippen LogP contribution in [0.5, 0.6) is 0 Å². The first-order valence-electron chi connectivity index (χ1n) is 8.68. The number of H-pyrrole nitrogens is 1. The van der Waals surface area contributed by atoms with E-state index in [1.807, 2.05) is 30.3 Å². The number of rotatable bonds is 4. The molecule has 0 radical (unpaired) electrons. The van der Waals surface area contributed by atoms with Gasteiger partial charge in [-0.25, -0.2) is 0 Å². The zero-order valence-corrected chi connectivity index (χ0v) is 16.1. The fourth-order valence-electron chi connectivity index (χ4n) is 3.23. The van der Waals surface area contributed by atoms with Gasteiger partial charge in [-0.1, -0.05) is 59.6 Å². The number of anilines is 2. The molecule has 0 bridgehead atoms. The Morgan fingerprint density at radius 1 is 1.04 bits per heavy atom. The minimum atomic E-state index is -0.653. The first-order chi connectivity index (χ1) is 13.5. The summed E-state index contributed by atoms with van der Waals surface area (Å²) in [5.74, 6) is -0.403. The van der Waals surface area contributed by atoms with Gasteiger partial charge in [0.1, 0.15) is 5.82 Å². The van der Waals surface area contributed by atoms with Crippen LogP contribution in [0.4, 0.5) is 11.8 Å². The molecule has 1 amide bonds. The average Bonchev–Trinajstić information content (AvgIpc) is 2.68. The van der Waals surface area contributed by atoms with Gasteiger partial charge < -0.3 is 10.6 Å². The van der Waals surface area contributed by atoms with Crippen molar-refractivity contribution in [3.63, 3.8) is 0 Å². The van der Waals surface area contributed by atoms with Gasteiger partial charge in [0.2, 0.25) is 11.9 Å². The standard InChI is InChI=1S/C20H16Cl2N4O2/c21-14-7-4-8-15(22)16(14)12-9-13-17(24-18(12)27)25-20(26-19(13)28)23-10-11-5-2-1-3-6-11/h1-8,12H,9-10H2,(H3,23,24,25,26,27,28). The lowest BCUT2D eigenvalue weighted by molar-refractivity contribution is -0.117. The van der Waals surface area contributed by atoms with Crippen LogP contribution in [0.15, 0.2) is 53.3 Å². The molecule has 6 nitrogen and oxygen atoms in total. The Morgan fingerprint density at radius 2 is 1.75 bits per heavy atom. The topological polar surface area (TPSA) is 86.9 Å². The number of hydrogen-bond donors (Lipinski definition) is 3. The Hall–Kier alpha value is -2.83. The van der Waals surface area contributed by atoms with Gasteiger partial charge >= 0.3 is 0 Å². The van der Waals surface area contributed by atoms with Gasteiger partial charge in [-0.15, -0.1) is 0 Å². The molecular weight excluding hydrogens is 399 g/mol. The molecule has 1 atom stereocenters. The Morgan fingerprint density at radius 3 is 2.46 bits per heavy atom. The molecule has 2 aromatic carbocycles. The maximum absolute atomic E-state index is 12.7. The number of nitrogens with zero attached hydrogens (tertiary/aromatic N) is 1. The van der Waals surface area contributed by atoms with Crippen LogP contribution >= 0.6 is 23.2 Å². The molecule has 0 saturated heterocycles. The molecule has 1 unspecified atom stereocenters. The van der Waals surface area contributed by atoms with Crippen molar-refractivity contribution < 1.29 is 4.79 Å². The summed E-state index contributed by atoms with van der Waals surface area (Å²) in [7, 11) is 0. The van der Waals surface area contributed by atoms with Gasteiger partial charge in [-0.05, 0) is 24.1 Å². The van der Waals surface area contributed by atoms with Crippen LogP contribution < -0.4 is 16.2 Å². The second-order valence-corrected chi connectivity index (χ2v) is 7.28. The molecule has 0 saturated carbocycles. The minimum Gasteiger partial charge on any atom is -0.352 e. The van der Waals surface area contributed by atoms with Crippen LogP contribution in [-0.4, -0.2) is 15.9 Å². The maximum atomic E-state index is 12.7. The molecule has 28 heavy (non-hydrogen) atoms. The van der Waals surface area contributed by atoms with Gasteiger partial charge in [-0.3, -0.25) is 14.6 Å². The predicted octanol–water partition coefficient (Wildman–Crippen LogP) is 3.97. The number of nitrogens with one attached hydrogen (secondary N) is 3. The number of halogens is 2. The van der Waals surface area contributed by atoms with Gasteiger partial charge in [-0.2, -0.15) is 4.98 Å². The van der Waals surface area contributed by atoms with Crippen molar-refractivity contribution in [3.05, 3.63) is 85.6 Å². The van der Waals surface area contributed by atoms with Gasteiger partial charge in [0.15, 0.2) is 0 Å². The molecule has 2 heterocycles. The first kappa shape index (κ1) is 18.5. The molecule has 3 aromatic rings. The van der Waals surface area contributed by atoms with E-state index in [0.29, 0.717) is 33.7 Å². The Balaban J connectivity index is 1.61. The number of benzene rings is 2. The summed E-state index contributed by atoms with van der Waals surface area (Å²) in [5, 5.41) is 6.56. The summed E-state index contributed by atoms with van der Waals surface area (Å²) in [6.07, 6.45) is 0.173. The highest BCUT2D eigenvalue weighted by molar-refractivity contribution is 6.36. The summed E-state index contributed by atoms with van der Waals surface area (Å²) in [6, 6.07) is 14.8. The highest BCUT2D eigenvalue weighted by Gasteiger charge is 2.33. The summed E-state index contributed by atoms with van der Waals surface area (Å²) >= 11 is 12.5. The Kier molecular flexibility index (Phi) is 5.07. The van der Waals surface area contributed by atoms with E-state index in [1.54, 1.807) is 18.2 Å². The third kappa shape index (κ3) is 3.61. The zero-order valence-electron chi connectivity index (χ0n) is 14.6. The normalized spacial score (nSPS) is 15.6. The molecule has 1 aromatic heterocycles. The van der Waals surface area contributed by atoms with E-state index in [9.17, 15) is 9.59 Å². The van der Waals surface area contributed by atoms with E-state index in [2.05, 4.69) is 20.6 Å². The van der Waals surface area contributed by atoms with Gasteiger partial charge in [0.05, 0.1) is 11.5 Å². The zero-order chi connectivity index (χ0) is 19.7. The van der Waals surface area contributed by atoms with Crippen LogP contribution in [0.25, 0.3) is 0 Å². The molecule has 3 N–H and O–H groups in total. The number of fused-ring (bicyclic) bond motifs is 1. The van der Waals surface area contributed by atoms with E-state index >= 15 is 0 Å². The molecule has 0 fully saturated rings. The van der Waals surface area contributed by atoms with E-state index in [1.165, 1.54) is 0 Å². The van der Waals surface area contributed by atoms with Crippen molar-refractivity contribution in [2.45, 2.75) is 18.9 Å². The molecule has 8 heteroatoms. The van der Waals surface area contributed by atoms with Crippen LogP contribution in [0, 0.1) is 0 Å². The number of hydrogen-bond acceptors (Lipinski definition) is 4. The molecule has 1 aliphatic rings. The highest BCUT2D eigenvalue weighted by atomic mass is 35.5. The van der Waals surface area contributed by atoms with Crippen molar-refractivity contribution in [1.82, 2.24) is 9.97 Å². The second kappa shape index (κ2) is 7.66. The Labute approximate surface area is 170 Å². The number of aromatic amines is 1. The summed E-state index contributed by atoms with van der Waals surface area (Å²) < 4.78 is 0. The SMILES string of the molecule is O=C1Nc2nc(NCc3ccccc3)[nH]c(=O)c2CC1c1c(Cl)cccc1Cl. The Bertz CT molecular complexity index is 1080. The number of carbonyl (C=O) groups is 1. The van der Waals surface area contributed by atoms with E-state index in [-0.39, 0.29) is 23.7 Å². The lowest BCUT2D eigenvalue weighted by Crippen LogP contribution is -2.34. The minimum absolute atomic E-state index is 0.173. The lowest BCUT2D eigenvalue weighted by Gasteiger charge is -2.25. The maximum Gasteiger partial charge on any atom is 0.257 e. The number of amides is 1. The van der Waals surface area contributed by atoms with Crippen molar-refractivity contribution >= 4 is 40.9 Å². The smallest absolute Gasteiger partial charge is 0.257 e. The van der Waals surface area contributed by atoms with Crippen LogP contribution in [0.1, 0.15) is 22.6 Å². The quantitative estimate of drug-likeness (QED) is 0.602. The fourth-order valence-corrected chi connectivity index (χ4v) is 3.89. The van der Waals surface area contributed by atoms with Crippen molar-refractivity contribution in [2.75, 3.05) is 10.6 Å². The molecular formula is C20H16Cl2N4O2. The van der Waals surface area contributed by atoms with Gasteiger partial charge in [0.25, 0.3) is 5.56 Å². The predicted molar refractivity (Wildman–Crippen MR) is 110 cm³/mol. The third-order valence-electron chi connectivity index (χ3n) is 4.63. The molecule has 142 valence electrons. The average molecular weight is 415 g/mol. The van der Waals surface area contributed by atoms with Gasteiger partial charge in [0, 0.05) is 22.2 Å². The monoisotopic (exact) mass is 414 g/mol. The highest BCUT2D eigenvalue weighted by Crippen LogP contribution is 2.37. The summed E-state index contributed by atoms with van der Waals surface area (Å²) in [4.78, 5) is 32.3. The molecule has 4 rings (SSSR count). The third-order valence-corrected chi connectivity index (χ3v) is 5.29. The fraction of sp³-hybridized carbons (Fsp3) is 0.150. The van der Waals surface area contributed by atoms with Crippen LogP contribution in [-0.2, 0) is 17.8 Å². The summed E-state index contributed by atoms with van der Waals surface area (Å²) in [5.41, 5.74) is 1.64. The summed E-state index contributed by atoms with van der Waals surface area (Å²) in [6.45, 7) is 0.494. The molecule has 0 spiro atoms.